The first kappa shape index (κ1) is 10.2. The average molecular weight is 247 g/mol. The van der Waals surface area contributed by atoms with Crippen molar-refractivity contribution in [2.75, 3.05) is 14.2 Å². The predicted molar refractivity (Wildman–Crippen MR) is 53.8 cm³/mol. The number of benzene rings is 1. The van der Waals surface area contributed by atoms with Crippen molar-refractivity contribution in [3.05, 3.63) is 17.7 Å². The van der Waals surface area contributed by atoms with Crippen molar-refractivity contribution in [3.63, 3.8) is 0 Å². The van der Waals surface area contributed by atoms with Crippen LogP contribution in [-0.4, -0.2) is 19.3 Å². The smallest absolute Gasteiger partial charge is 0.201 e. The number of aromatic hydroxyl groups is 1. The zero-order valence-corrected chi connectivity index (χ0v) is 9.09. The summed E-state index contributed by atoms with van der Waals surface area (Å²) in [5, 5.41) is 10.3. The van der Waals surface area contributed by atoms with E-state index in [4.69, 9.17) is 9.47 Å². The molecule has 1 aromatic carbocycles. The Morgan fingerprint density at radius 3 is 2.46 bits per heavy atom. The van der Waals surface area contributed by atoms with E-state index in [1.807, 2.05) is 6.07 Å². The van der Waals surface area contributed by atoms with Gasteiger partial charge in [0.25, 0.3) is 0 Å². The average Bonchev–Trinajstić information content (AvgIpc) is 2.17. The first-order chi connectivity index (χ1) is 6.24. The summed E-state index contributed by atoms with van der Waals surface area (Å²) in [5.41, 5.74) is 0.890. The van der Waals surface area contributed by atoms with Gasteiger partial charge in [-0.2, -0.15) is 0 Å². The highest BCUT2D eigenvalue weighted by Crippen LogP contribution is 2.39. The van der Waals surface area contributed by atoms with E-state index in [0.717, 1.165) is 5.56 Å². The number of hydrogen-bond donors (Lipinski definition) is 1. The molecular weight excluding hydrogens is 236 g/mol. The molecule has 0 unspecified atom stereocenters. The Bertz CT molecular complexity index is 299. The van der Waals surface area contributed by atoms with Crippen molar-refractivity contribution in [1.82, 2.24) is 0 Å². The molecule has 0 atom stereocenters. The van der Waals surface area contributed by atoms with Gasteiger partial charge in [0.05, 0.1) is 14.2 Å². The highest BCUT2D eigenvalue weighted by atomic mass is 79.9. The Balaban J connectivity index is 3.23. The second-order valence-corrected chi connectivity index (χ2v) is 3.00. The molecular formula is C9H11BrO3. The zero-order valence-electron chi connectivity index (χ0n) is 7.50. The predicted octanol–water partition coefficient (Wildman–Crippen LogP) is 2.30. The van der Waals surface area contributed by atoms with Gasteiger partial charge in [0.15, 0.2) is 11.5 Å². The van der Waals surface area contributed by atoms with Crippen LogP contribution in [0.2, 0.25) is 0 Å². The van der Waals surface area contributed by atoms with E-state index in [1.165, 1.54) is 14.2 Å². The first-order valence-electron chi connectivity index (χ1n) is 3.73. The Hall–Kier alpha value is -0.900. The van der Waals surface area contributed by atoms with E-state index in [-0.39, 0.29) is 5.75 Å². The van der Waals surface area contributed by atoms with Crippen LogP contribution in [0.1, 0.15) is 5.56 Å². The van der Waals surface area contributed by atoms with Crippen LogP contribution in [0.15, 0.2) is 12.1 Å². The molecule has 0 radical (unpaired) electrons. The number of halogens is 1. The van der Waals surface area contributed by atoms with E-state index in [9.17, 15) is 5.11 Å². The monoisotopic (exact) mass is 246 g/mol. The molecule has 0 spiro atoms. The molecule has 0 saturated carbocycles. The van der Waals surface area contributed by atoms with Gasteiger partial charge in [-0.3, -0.25) is 0 Å². The van der Waals surface area contributed by atoms with Gasteiger partial charge in [0.1, 0.15) is 0 Å². The minimum Gasteiger partial charge on any atom is -0.502 e. The lowest BCUT2D eigenvalue weighted by atomic mass is 10.2. The Morgan fingerprint density at radius 1 is 1.31 bits per heavy atom. The Kier molecular flexibility index (Phi) is 3.42. The lowest BCUT2D eigenvalue weighted by Crippen LogP contribution is -1.92. The summed E-state index contributed by atoms with van der Waals surface area (Å²) in [6.07, 6.45) is 0. The summed E-state index contributed by atoms with van der Waals surface area (Å²) in [4.78, 5) is 0. The number of phenols is 1. The highest BCUT2D eigenvalue weighted by molar-refractivity contribution is 9.08. The minimum atomic E-state index is 0.0435. The highest BCUT2D eigenvalue weighted by Gasteiger charge is 2.12. The third kappa shape index (κ3) is 1.88. The normalized spacial score (nSPS) is 9.77. The van der Waals surface area contributed by atoms with Crippen molar-refractivity contribution in [2.24, 2.45) is 0 Å². The third-order valence-corrected chi connectivity index (χ3v) is 2.35. The summed E-state index contributed by atoms with van der Waals surface area (Å²) >= 11 is 3.30. The molecule has 0 aliphatic heterocycles. The van der Waals surface area contributed by atoms with Crippen molar-refractivity contribution in [1.29, 1.82) is 0 Å². The van der Waals surface area contributed by atoms with E-state index in [0.29, 0.717) is 16.8 Å². The van der Waals surface area contributed by atoms with Crippen LogP contribution in [0.5, 0.6) is 17.2 Å². The van der Waals surface area contributed by atoms with Gasteiger partial charge in [-0.25, -0.2) is 0 Å². The summed E-state index contributed by atoms with van der Waals surface area (Å²) in [6.45, 7) is 0. The number of ether oxygens (including phenoxy) is 2. The maximum absolute atomic E-state index is 9.63. The van der Waals surface area contributed by atoms with Crippen molar-refractivity contribution < 1.29 is 14.6 Å². The van der Waals surface area contributed by atoms with Gasteiger partial charge in [-0.1, -0.05) is 22.0 Å². The van der Waals surface area contributed by atoms with Gasteiger partial charge in [0, 0.05) is 10.9 Å². The van der Waals surface area contributed by atoms with Crippen LogP contribution >= 0.6 is 15.9 Å². The summed E-state index contributed by atoms with van der Waals surface area (Å²) < 4.78 is 9.99. The van der Waals surface area contributed by atoms with Crippen LogP contribution in [0.4, 0.5) is 0 Å². The summed E-state index contributed by atoms with van der Waals surface area (Å²) in [5.74, 6) is 0.916. The Labute approximate surface area is 85.4 Å². The molecule has 0 bridgehead atoms. The van der Waals surface area contributed by atoms with Gasteiger partial charge >= 0.3 is 0 Å². The molecule has 0 saturated heterocycles. The van der Waals surface area contributed by atoms with E-state index in [2.05, 4.69) is 15.9 Å². The van der Waals surface area contributed by atoms with Crippen molar-refractivity contribution in [2.45, 2.75) is 5.33 Å². The molecule has 1 rings (SSSR count). The maximum atomic E-state index is 9.63. The molecule has 0 aromatic heterocycles. The lowest BCUT2D eigenvalue weighted by molar-refractivity contribution is 0.338. The SMILES string of the molecule is COc1ccc(CBr)c(OC)c1O. The number of hydrogen-bond acceptors (Lipinski definition) is 3. The molecule has 0 heterocycles. The largest absolute Gasteiger partial charge is 0.502 e. The molecule has 3 nitrogen and oxygen atoms in total. The lowest BCUT2D eigenvalue weighted by Gasteiger charge is -2.10. The summed E-state index contributed by atoms with van der Waals surface area (Å²) in [7, 11) is 3.02. The molecule has 13 heavy (non-hydrogen) atoms. The number of alkyl halides is 1. The number of rotatable bonds is 3. The van der Waals surface area contributed by atoms with E-state index in [1.54, 1.807) is 6.07 Å². The van der Waals surface area contributed by atoms with Crippen LogP contribution in [-0.2, 0) is 5.33 Å². The first-order valence-corrected chi connectivity index (χ1v) is 4.85. The quantitative estimate of drug-likeness (QED) is 0.833. The van der Waals surface area contributed by atoms with Crippen molar-refractivity contribution >= 4 is 15.9 Å². The summed E-state index contributed by atoms with van der Waals surface area (Å²) in [6, 6.07) is 3.54. The van der Waals surface area contributed by atoms with E-state index >= 15 is 0 Å². The van der Waals surface area contributed by atoms with Gasteiger partial charge in [-0.05, 0) is 6.07 Å². The van der Waals surface area contributed by atoms with Gasteiger partial charge < -0.3 is 14.6 Å². The molecule has 0 amide bonds. The van der Waals surface area contributed by atoms with Crippen LogP contribution in [0.3, 0.4) is 0 Å². The molecule has 1 N–H and O–H groups in total. The van der Waals surface area contributed by atoms with Gasteiger partial charge in [-0.15, -0.1) is 0 Å². The molecule has 0 aliphatic carbocycles. The standard InChI is InChI=1S/C9H11BrO3/c1-12-7-4-3-6(5-10)9(13-2)8(7)11/h3-4,11H,5H2,1-2H3. The fourth-order valence-electron chi connectivity index (χ4n) is 1.09. The number of phenolic OH excluding ortho intramolecular Hbond substituents is 1. The van der Waals surface area contributed by atoms with Gasteiger partial charge in [0.2, 0.25) is 5.75 Å². The van der Waals surface area contributed by atoms with Crippen LogP contribution < -0.4 is 9.47 Å². The number of methoxy groups -OCH3 is 2. The molecule has 1 aromatic rings. The second-order valence-electron chi connectivity index (χ2n) is 2.44. The molecule has 0 aliphatic rings. The topological polar surface area (TPSA) is 38.7 Å². The molecule has 0 fully saturated rings. The maximum Gasteiger partial charge on any atom is 0.201 e. The zero-order chi connectivity index (χ0) is 9.84. The third-order valence-electron chi connectivity index (χ3n) is 1.74. The Morgan fingerprint density at radius 2 is 2.00 bits per heavy atom. The van der Waals surface area contributed by atoms with Crippen molar-refractivity contribution in [3.8, 4) is 17.2 Å². The molecule has 72 valence electrons. The fraction of sp³-hybridized carbons (Fsp3) is 0.333. The fourth-order valence-corrected chi connectivity index (χ4v) is 1.53. The minimum absolute atomic E-state index is 0.0435. The van der Waals surface area contributed by atoms with E-state index < -0.39 is 0 Å². The molecule has 4 heteroatoms. The second kappa shape index (κ2) is 4.37. The van der Waals surface area contributed by atoms with Crippen LogP contribution in [0.25, 0.3) is 0 Å². The van der Waals surface area contributed by atoms with Crippen LogP contribution in [0, 0.1) is 0 Å².